The summed E-state index contributed by atoms with van der Waals surface area (Å²) in [4.78, 5) is 39.4. The average molecular weight is 472 g/mol. The van der Waals surface area contributed by atoms with Gasteiger partial charge in [-0.25, -0.2) is 9.48 Å². The van der Waals surface area contributed by atoms with Crippen LogP contribution in [-0.4, -0.2) is 28.8 Å². The van der Waals surface area contributed by atoms with Crippen molar-refractivity contribution in [3.05, 3.63) is 100.0 Å². The van der Waals surface area contributed by atoms with E-state index in [4.69, 9.17) is 9.47 Å². The summed E-state index contributed by atoms with van der Waals surface area (Å²) >= 11 is 0. The maximum absolute atomic E-state index is 13.4. The molecule has 8 heteroatoms. The summed E-state index contributed by atoms with van der Waals surface area (Å²) in [5, 5.41) is 7.75. The third-order valence-corrected chi connectivity index (χ3v) is 5.54. The molecule has 1 amide bonds. The molecule has 0 aliphatic heterocycles. The molecular formula is C27H25N3O5. The van der Waals surface area contributed by atoms with Gasteiger partial charge in [-0.2, -0.15) is 5.10 Å². The van der Waals surface area contributed by atoms with Gasteiger partial charge in [0.25, 0.3) is 11.5 Å². The Morgan fingerprint density at radius 3 is 2.37 bits per heavy atom. The minimum absolute atomic E-state index is 0.0380. The van der Waals surface area contributed by atoms with Gasteiger partial charge >= 0.3 is 5.97 Å². The van der Waals surface area contributed by atoms with Gasteiger partial charge in [-0.1, -0.05) is 54.6 Å². The first kappa shape index (κ1) is 23.7. The number of benzene rings is 3. The van der Waals surface area contributed by atoms with Crippen molar-refractivity contribution in [1.29, 1.82) is 0 Å². The first-order valence-corrected chi connectivity index (χ1v) is 11.1. The molecule has 0 unspecified atom stereocenters. The molecule has 0 saturated heterocycles. The van der Waals surface area contributed by atoms with Crippen molar-refractivity contribution in [2.75, 3.05) is 12.4 Å². The highest BCUT2D eigenvalue weighted by Crippen LogP contribution is 2.28. The van der Waals surface area contributed by atoms with Gasteiger partial charge in [0.05, 0.1) is 18.2 Å². The van der Waals surface area contributed by atoms with Crippen LogP contribution in [0.2, 0.25) is 0 Å². The molecule has 0 fully saturated rings. The summed E-state index contributed by atoms with van der Waals surface area (Å²) in [5.74, 6) is -0.894. The van der Waals surface area contributed by atoms with Crippen LogP contribution in [0, 0.1) is 6.92 Å². The highest BCUT2D eigenvalue weighted by atomic mass is 16.5. The Hall–Kier alpha value is -4.46. The van der Waals surface area contributed by atoms with E-state index in [-0.39, 0.29) is 17.8 Å². The maximum atomic E-state index is 13.4. The number of anilines is 1. The summed E-state index contributed by atoms with van der Waals surface area (Å²) in [5.41, 5.74) is 1.52. The van der Waals surface area contributed by atoms with E-state index in [0.29, 0.717) is 27.8 Å². The molecule has 35 heavy (non-hydrogen) atoms. The zero-order valence-electron chi connectivity index (χ0n) is 19.6. The number of carbonyl (C=O) groups is 2. The molecule has 178 valence electrons. The molecule has 3 aromatic carbocycles. The van der Waals surface area contributed by atoms with E-state index in [9.17, 15) is 14.4 Å². The topological polar surface area (TPSA) is 99.5 Å². The van der Waals surface area contributed by atoms with Gasteiger partial charge in [0.2, 0.25) is 6.10 Å². The van der Waals surface area contributed by atoms with Gasteiger partial charge < -0.3 is 14.8 Å². The van der Waals surface area contributed by atoms with Crippen molar-refractivity contribution in [2.45, 2.75) is 26.5 Å². The lowest BCUT2D eigenvalue weighted by Crippen LogP contribution is -2.29. The first-order chi connectivity index (χ1) is 16.9. The van der Waals surface area contributed by atoms with E-state index in [2.05, 4.69) is 10.4 Å². The third-order valence-electron chi connectivity index (χ3n) is 5.54. The number of rotatable bonds is 7. The number of methoxy groups -OCH3 is 1. The number of nitrogens with one attached hydrogen (secondary N) is 1. The molecule has 0 aliphatic carbocycles. The fourth-order valence-corrected chi connectivity index (χ4v) is 3.78. The molecule has 0 aliphatic rings. The first-order valence-electron chi connectivity index (χ1n) is 11.1. The number of aryl methyl sites for hydroxylation is 2. The number of esters is 1. The zero-order valence-corrected chi connectivity index (χ0v) is 19.6. The van der Waals surface area contributed by atoms with Crippen LogP contribution in [0.1, 0.15) is 34.6 Å². The lowest BCUT2D eigenvalue weighted by atomic mass is 10.1. The molecule has 0 bridgehead atoms. The summed E-state index contributed by atoms with van der Waals surface area (Å²) in [6.07, 6.45) is -1.27. The van der Waals surface area contributed by atoms with Crippen molar-refractivity contribution < 1.29 is 19.1 Å². The molecule has 8 nitrogen and oxygen atoms in total. The number of ether oxygens (including phenoxy) is 2. The van der Waals surface area contributed by atoms with Crippen LogP contribution in [0.3, 0.4) is 0 Å². The van der Waals surface area contributed by atoms with Gasteiger partial charge in [-0.3, -0.25) is 9.59 Å². The number of carbonyl (C=O) groups excluding carboxylic acids is 2. The molecule has 1 aromatic heterocycles. The average Bonchev–Trinajstić information content (AvgIpc) is 2.88. The largest absolute Gasteiger partial charge is 0.495 e. The SMILES string of the molecule is CCn1nc(C(=O)O[C@H](C(=O)Nc2cc(C)ccc2OC)c2ccccc2)c2ccccc2c1=O. The van der Waals surface area contributed by atoms with E-state index in [0.717, 1.165) is 5.56 Å². The Labute approximate surface area is 202 Å². The van der Waals surface area contributed by atoms with Crippen LogP contribution >= 0.6 is 0 Å². The fraction of sp³-hybridized carbons (Fsp3) is 0.185. The highest BCUT2D eigenvalue weighted by Gasteiger charge is 2.28. The lowest BCUT2D eigenvalue weighted by molar-refractivity contribution is -0.125. The second-order valence-electron chi connectivity index (χ2n) is 7.90. The predicted molar refractivity (Wildman–Crippen MR) is 133 cm³/mol. The van der Waals surface area contributed by atoms with Crippen molar-refractivity contribution in [3.8, 4) is 5.75 Å². The summed E-state index contributed by atoms with van der Waals surface area (Å²) < 4.78 is 12.3. The maximum Gasteiger partial charge on any atom is 0.360 e. The van der Waals surface area contributed by atoms with E-state index in [1.54, 1.807) is 73.7 Å². The number of aromatic nitrogens is 2. The van der Waals surface area contributed by atoms with Crippen LogP contribution in [0.15, 0.2) is 77.6 Å². The Bertz CT molecular complexity index is 1450. The Kier molecular flexibility index (Phi) is 6.91. The number of nitrogens with zero attached hydrogens (tertiary/aromatic N) is 2. The monoisotopic (exact) mass is 471 g/mol. The number of amides is 1. The molecule has 0 radical (unpaired) electrons. The highest BCUT2D eigenvalue weighted by molar-refractivity contribution is 6.04. The van der Waals surface area contributed by atoms with Crippen molar-refractivity contribution in [3.63, 3.8) is 0 Å². The van der Waals surface area contributed by atoms with E-state index in [1.165, 1.54) is 11.8 Å². The number of fused-ring (bicyclic) bond motifs is 1. The van der Waals surface area contributed by atoms with Crippen LogP contribution in [-0.2, 0) is 16.1 Å². The van der Waals surface area contributed by atoms with E-state index in [1.807, 2.05) is 13.0 Å². The number of hydrogen-bond donors (Lipinski definition) is 1. The summed E-state index contributed by atoms with van der Waals surface area (Å²) in [6.45, 7) is 3.93. The molecule has 0 saturated carbocycles. The lowest BCUT2D eigenvalue weighted by Gasteiger charge is -2.19. The van der Waals surface area contributed by atoms with Crippen LogP contribution < -0.4 is 15.6 Å². The molecular weight excluding hydrogens is 446 g/mol. The fourth-order valence-electron chi connectivity index (χ4n) is 3.78. The van der Waals surface area contributed by atoms with E-state index >= 15 is 0 Å². The number of hydrogen-bond acceptors (Lipinski definition) is 6. The normalized spacial score (nSPS) is 11.6. The van der Waals surface area contributed by atoms with Gasteiger partial charge in [0.15, 0.2) is 5.69 Å². The van der Waals surface area contributed by atoms with Gasteiger partial charge in [-0.15, -0.1) is 0 Å². The quantitative estimate of drug-likeness (QED) is 0.404. The Morgan fingerprint density at radius 1 is 1.00 bits per heavy atom. The molecule has 1 N–H and O–H groups in total. The molecule has 0 spiro atoms. The summed E-state index contributed by atoms with van der Waals surface area (Å²) in [7, 11) is 1.51. The minimum atomic E-state index is -1.27. The molecule has 1 heterocycles. The second-order valence-corrected chi connectivity index (χ2v) is 7.90. The van der Waals surface area contributed by atoms with Crippen LogP contribution in [0.25, 0.3) is 10.8 Å². The Balaban J connectivity index is 1.73. The standard InChI is InChI=1S/C27H25N3O5/c1-4-30-26(32)20-13-9-8-12-19(20)23(29-30)27(33)35-24(18-10-6-5-7-11-18)25(31)28-21-16-17(2)14-15-22(21)34-3/h5-16,24H,4H2,1-3H3,(H,28,31)/t24-/m0/s1. The summed E-state index contributed by atoms with van der Waals surface area (Å²) in [6, 6.07) is 20.8. The van der Waals surface area contributed by atoms with Gasteiger partial charge in [-0.05, 0) is 37.6 Å². The minimum Gasteiger partial charge on any atom is -0.495 e. The smallest absolute Gasteiger partial charge is 0.360 e. The van der Waals surface area contributed by atoms with Crippen molar-refractivity contribution in [2.24, 2.45) is 0 Å². The molecule has 4 rings (SSSR count). The zero-order chi connectivity index (χ0) is 24.9. The van der Waals surface area contributed by atoms with Crippen LogP contribution in [0.4, 0.5) is 5.69 Å². The molecule has 4 aromatic rings. The van der Waals surface area contributed by atoms with Crippen molar-refractivity contribution >= 4 is 28.3 Å². The van der Waals surface area contributed by atoms with E-state index < -0.39 is 18.0 Å². The third kappa shape index (κ3) is 4.91. The predicted octanol–water partition coefficient (Wildman–Crippen LogP) is 4.27. The van der Waals surface area contributed by atoms with Crippen molar-refractivity contribution in [1.82, 2.24) is 9.78 Å². The van der Waals surface area contributed by atoms with Crippen LogP contribution in [0.5, 0.6) is 5.75 Å². The molecule has 1 atom stereocenters. The Morgan fingerprint density at radius 2 is 1.69 bits per heavy atom. The van der Waals surface area contributed by atoms with Gasteiger partial charge in [0.1, 0.15) is 5.75 Å². The second kappa shape index (κ2) is 10.2. The van der Waals surface area contributed by atoms with Gasteiger partial charge in [0, 0.05) is 17.5 Å².